The second kappa shape index (κ2) is 6.16. The number of hydrogen-bond acceptors (Lipinski definition) is 4. The molecule has 1 N–H and O–H groups in total. The number of nitrogens with one attached hydrogen (secondary N) is 1. The lowest BCUT2D eigenvalue weighted by Crippen LogP contribution is -2.57. The van der Waals surface area contributed by atoms with Crippen molar-refractivity contribution in [2.24, 2.45) is 23.2 Å². The summed E-state index contributed by atoms with van der Waals surface area (Å²) in [5, 5.41) is 12.0. The van der Waals surface area contributed by atoms with Crippen molar-refractivity contribution in [1.29, 1.82) is 5.26 Å². The molecule has 0 heterocycles. The molecule has 0 aromatic heterocycles. The predicted octanol–water partition coefficient (Wildman–Crippen LogP) is 3.16. The van der Waals surface area contributed by atoms with Crippen molar-refractivity contribution in [3.8, 4) is 6.07 Å². The summed E-state index contributed by atoms with van der Waals surface area (Å²) in [6, 6.07) is 2.12. The Labute approximate surface area is 154 Å². The van der Waals surface area contributed by atoms with Gasteiger partial charge in [-0.1, -0.05) is 13.8 Å². The molecule has 4 rings (SSSR count). The fourth-order valence-corrected chi connectivity index (χ4v) is 5.99. The first-order valence-electron chi connectivity index (χ1n) is 9.18. The number of nitrogens with zero attached hydrogens (tertiary/aromatic N) is 1. The highest BCUT2D eigenvalue weighted by atomic mass is 35.5. The van der Waals surface area contributed by atoms with E-state index in [1.54, 1.807) is 6.92 Å². The first-order valence-corrected chi connectivity index (χ1v) is 9.56. The zero-order valence-corrected chi connectivity index (χ0v) is 16.0. The number of carbonyl (C=O) groups excluding carboxylic acids is 2. The van der Waals surface area contributed by atoms with Gasteiger partial charge in [0.1, 0.15) is 5.54 Å². The maximum absolute atomic E-state index is 12.8. The SMILES string of the molecule is CC(C)[C@@](C)(C#N)NC(=O)COC(=O)C12C[C@@H]3C[C@H](CC(Cl)(C3)C1)C2. The third-order valence-electron chi connectivity index (χ3n) is 6.54. The first kappa shape index (κ1) is 18.5. The Morgan fingerprint density at radius 3 is 2.40 bits per heavy atom. The molecule has 4 fully saturated rings. The van der Waals surface area contributed by atoms with Gasteiger partial charge in [-0.15, -0.1) is 11.6 Å². The summed E-state index contributed by atoms with van der Waals surface area (Å²) in [5.41, 5.74) is -1.48. The molecule has 4 bridgehead atoms. The molecule has 0 aromatic rings. The first-order chi connectivity index (χ1) is 11.6. The Balaban J connectivity index is 1.60. The van der Waals surface area contributed by atoms with Crippen LogP contribution in [0.25, 0.3) is 0 Å². The van der Waals surface area contributed by atoms with Gasteiger partial charge >= 0.3 is 5.97 Å². The second-order valence-electron chi connectivity index (χ2n) is 8.99. The number of ether oxygens (including phenoxy) is 1. The van der Waals surface area contributed by atoms with Gasteiger partial charge in [-0.2, -0.15) is 5.26 Å². The second-order valence-corrected chi connectivity index (χ2v) is 9.79. The molecular formula is C19H27ClN2O3. The van der Waals surface area contributed by atoms with Crippen molar-refractivity contribution in [3.63, 3.8) is 0 Å². The van der Waals surface area contributed by atoms with Crippen LogP contribution in [0.1, 0.15) is 59.3 Å². The summed E-state index contributed by atoms with van der Waals surface area (Å²) in [6.07, 6.45) is 5.49. The number of hydrogen-bond donors (Lipinski definition) is 1. The number of amides is 1. The fourth-order valence-electron chi connectivity index (χ4n) is 5.30. The Morgan fingerprint density at radius 2 is 1.92 bits per heavy atom. The zero-order valence-electron chi connectivity index (χ0n) is 15.2. The maximum Gasteiger partial charge on any atom is 0.312 e. The Bertz CT molecular complexity index is 613. The molecule has 0 spiro atoms. The molecule has 0 unspecified atom stereocenters. The lowest BCUT2D eigenvalue weighted by atomic mass is 9.49. The summed E-state index contributed by atoms with van der Waals surface area (Å²) in [7, 11) is 0. The molecule has 6 heteroatoms. The van der Waals surface area contributed by atoms with Gasteiger partial charge in [-0.05, 0) is 63.2 Å². The smallest absolute Gasteiger partial charge is 0.312 e. The zero-order chi connectivity index (χ0) is 18.5. The molecule has 4 aliphatic rings. The van der Waals surface area contributed by atoms with Crippen LogP contribution in [0.2, 0.25) is 0 Å². The largest absolute Gasteiger partial charge is 0.455 e. The van der Waals surface area contributed by atoms with E-state index in [0.717, 1.165) is 25.7 Å². The minimum atomic E-state index is -0.968. The van der Waals surface area contributed by atoms with Crippen molar-refractivity contribution in [2.45, 2.75) is 69.7 Å². The summed E-state index contributed by atoms with van der Waals surface area (Å²) >= 11 is 6.74. The minimum absolute atomic E-state index is 0.0450. The quantitative estimate of drug-likeness (QED) is 0.598. The average Bonchev–Trinajstić information content (AvgIpc) is 2.49. The molecule has 4 aliphatic carbocycles. The molecule has 4 saturated carbocycles. The number of esters is 1. The summed E-state index contributed by atoms with van der Waals surface area (Å²) in [4.78, 5) is 24.7. The van der Waals surface area contributed by atoms with Crippen molar-refractivity contribution < 1.29 is 14.3 Å². The Morgan fingerprint density at radius 1 is 1.32 bits per heavy atom. The highest BCUT2D eigenvalue weighted by Crippen LogP contribution is 2.64. The molecule has 0 radical (unpaired) electrons. The summed E-state index contributed by atoms with van der Waals surface area (Å²) < 4.78 is 5.38. The van der Waals surface area contributed by atoms with E-state index in [-0.39, 0.29) is 23.4 Å². The molecule has 5 nitrogen and oxygen atoms in total. The lowest BCUT2D eigenvalue weighted by molar-refractivity contribution is -0.172. The highest BCUT2D eigenvalue weighted by molar-refractivity contribution is 6.24. The van der Waals surface area contributed by atoms with Crippen molar-refractivity contribution in [3.05, 3.63) is 0 Å². The van der Waals surface area contributed by atoms with Crippen LogP contribution < -0.4 is 5.32 Å². The monoisotopic (exact) mass is 366 g/mol. The normalized spacial score (nSPS) is 38.1. The van der Waals surface area contributed by atoms with Crippen LogP contribution in [0.4, 0.5) is 0 Å². The van der Waals surface area contributed by atoms with E-state index >= 15 is 0 Å². The summed E-state index contributed by atoms with van der Waals surface area (Å²) in [5.74, 6) is 0.240. The van der Waals surface area contributed by atoms with Gasteiger partial charge in [0.25, 0.3) is 5.91 Å². The van der Waals surface area contributed by atoms with Crippen molar-refractivity contribution in [1.82, 2.24) is 5.32 Å². The van der Waals surface area contributed by atoms with Crippen LogP contribution in [-0.4, -0.2) is 28.9 Å². The third-order valence-corrected chi connectivity index (χ3v) is 6.99. The molecule has 138 valence electrons. The average molecular weight is 367 g/mol. The number of carbonyl (C=O) groups is 2. The van der Waals surface area contributed by atoms with Crippen LogP contribution in [0.3, 0.4) is 0 Å². The van der Waals surface area contributed by atoms with E-state index in [9.17, 15) is 14.9 Å². The van der Waals surface area contributed by atoms with Gasteiger partial charge in [0.05, 0.1) is 11.5 Å². The van der Waals surface area contributed by atoms with Gasteiger partial charge in [-0.3, -0.25) is 9.59 Å². The Hall–Kier alpha value is -1.28. The standard InChI is InChI=1S/C19H27ClN2O3/c1-12(2)17(3,11-21)22-15(23)9-25-16(24)18-5-13-4-14(6-18)8-19(20,7-13)10-18/h12-14H,4-10H2,1-3H3,(H,22,23)/t13-,14-,17+,18?,19?/m0/s1. The van der Waals surface area contributed by atoms with E-state index in [1.165, 1.54) is 6.42 Å². The molecular weight excluding hydrogens is 340 g/mol. The van der Waals surface area contributed by atoms with E-state index in [0.29, 0.717) is 18.3 Å². The van der Waals surface area contributed by atoms with Gasteiger partial charge in [-0.25, -0.2) is 0 Å². The van der Waals surface area contributed by atoms with Crippen LogP contribution in [0.5, 0.6) is 0 Å². The number of nitriles is 1. The molecule has 1 amide bonds. The minimum Gasteiger partial charge on any atom is -0.455 e. The predicted molar refractivity (Wildman–Crippen MR) is 93.7 cm³/mol. The molecule has 0 aromatic carbocycles. The van der Waals surface area contributed by atoms with E-state index in [2.05, 4.69) is 11.4 Å². The molecule has 25 heavy (non-hydrogen) atoms. The Kier molecular flexibility index (Phi) is 4.56. The van der Waals surface area contributed by atoms with Crippen LogP contribution in [0.15, 0.2) is 0 Å². The van der Waals surface area contributed by atoms with Crippen LogP contribution in [0, 0.1) is 34.5 Å². The van der Waals surface area contributed by atoms with Gasteiger partial charge in [0.15, 0.2) is 6.61 Å². The highest BCUT2D eigenvalue weighted by Gasteiger charge is 2.60. The molecule has 3 atom stereocenters. The van der Waals surface area contributed by atoms with Crippen molar-refractivity contribution >= 4 is 23.5 Å². The van der Waals surface area contributed by atoms with Gasteiger partial charge < -0.3 is 10.1 Å². The number of rotatable bonds is 5. The number of alkyl halides is 1. The van der Waals surface area contributed by atoms with Crippen LogP contribution in [-0.2, 0) is 14.3 Å². The lowest BCUT2D eigenvalue weighted by Gasteiger charge is -2.58. The van der Waals surface area contributed by atoms with E-state index in [4.69, 9.17) is 16.3 Å². The molecule has 0 saturated heterocycles. The van der Waals surface area contributed by atoms with E-state index in [1.807, 2.05) is 13.8 Å². The van der Waals surface area contributed by atoms with E-state index < -0.39 is 16.9 Å². The van der Waals surface area contributed by atoms with Gasteiger partial charge in [0.2, 0.25) is 0 Å². The third kappa shape index (κ3) is 3.38. The maximum atomic E-state index is 12.8. The summed E-state index contributed by atoms with van der Waals surface area (Å²) in [6.45, 7) is 5.07. The van der Waals surface area contributed by atoms with Crippen LogP contribution >= 0.6 is 11.6 Å². The number of halogens is 1. The van der Waals surface area contributed by atoms with Gasteiger partial charge in [0, 0.05) is 4.87 Å². The fraction of sp³-hybridized carbons (Fsp3) is 0.842. The van der Waals surface area contributed by atoms with Crippen molar-refractivity contribution in [2.75, 3.05) is 6.61 Å². The topological polar surface area (TPSA) is 79.2 Å². The molecule has 0 aliphatic heterocycles.